The first-order valence-corrected chi connectivity index (χ1v) is 9.19. The second-order valence-corrected chi connectivity index (χ2v) is 7.18. The van der Waals surface area contributed by atoms with E-state index in [2.05, 4.69) is 4.90 Å². The van der Waals surface area contributed by atoms with E-state index in [-0.39, 0.29) is 42.8 Å². The van der Waals surface area contributed by atoms with Crippen molar-refractivity contribution in [2.45, 2.75) is 37.8 Å². The number of hydrogen-bond donors (Lipinski definition) is 1. The van der Waals surface area contributed by atoms with E-state index in [0.717, 1.165) is 32.4 Å². The Hall–Kier alpha value is -1.70. The van der Waals surface area contributed by atoms with E-state index >= 15 is 0 Å². The highest BCUT2D eigenvalue weighted by Crippen LogP contribution is 2.28. The van der Waals surface area contributed by atoms with Crippen LogP contribution >= 0.6 is 12.4 Å². The second-order valence-electron chi connectivity index (χ2n) is 7.18. The minimum absolute atomic E-state index is 0. The van der Waals surface area contributed by atoms with Gasteiger partial charge in [0.2, 0.25) is 5.91 Å². The van der Waals surface area contributed by atoms with Gasteiger partial charge in [0.05, 0.1) is 18.3 Å². The Bertz CT molecular complexity index is 675. The third kappa shape index (κ3) is 4.97. The number of hydrogen-bond acceptors (Lipinski definition) is 4. The predicted octanol–water partition coefficient (Wildman–Crippen LogP) is 2.22. The summed E-state index contributed by atoms with van der Waals surface area (Å²) in [7, 11) is 1.84. The van der Waals surface area contributed by atoms with Crippen LogP contribution in [0, 0.1) is 5.82 Å². The molecule has 0 aromatic heterocycles. The van der Waals surface area contributed by atoms with Gasteiger partial charge in [0.15, 0.2) is 0 Å². The number of rotatable bonds is 5. The molecule has 3 rings (SSSR count). The lowest BCUT2D eigenvalue weighted by molar-refractivity contribution is -0.138. The number of halogens is 2. The van der Waals surface area contributed by atoms with Crippen LogP contribution in [0.3, 0.4) is 0 Å². The number of likely N-dealkylation sites (N-methyl/N-ethyl adjacent to an activating group) is 1. The van der Waals surface area contributed by atoms with Crippen molar-refractivity contribution in [3.8, 4) is 0 Å². The van der Waals surface area contributed by atoms with Gasteiger partial charge in [-0.15, -0.1) is 12.4 Å². The van der Waals surface area contributed by atoms with E-state index in [9.17, 15) is 14.0 Å². The van der Waals surface area contributed by atoms with E-state index in [4.69, 9.17) is 5.11 Å². The number of nitrogens with zero attached hydrogens (tertiary/aromatic N) is 3. The van der Waals surface area contributed by atoms with Gasteiger partial charge in [-0.1, -0.05) is 12.1 Å². The number of carbonyl (C=O) groups is 2. The van der Waals surface area contributed by atoms with Gasteiger partial charge >= 0.3 is 5.97 Å². The summed E-state index contributed by atoms with van der Waals surface area (Å²) in [6, 6.07) is 6.40. The normalized spacial score (nSPS) is 24.0. The van der Waals surface area contributed by atoms with E-state index in [1.807, 2.05) is 11.9 Å². The van der Waals surface area contributed by atoms with Crippen LogP contribution in [0.2, 0.25) is 0 Å². The number of aliphatic carboxylic acids is 1. The molecule has 27 heavy (non-hydrogen) atoms. The number of carbonyl (C=O) groups excluding carboxylic acids is 1. The van der Waals surface area contributed by atoms with Gasteiger partial charge in [0, 0.05) is 19.1 Å². The Morgan fingerprint density at radius 1 is 1.22 bits per heavy atom. The monoisotopic (exact) mass is 399 g/mol. The SMILES string of the molecule is CN(CC(=O)O)C1CCCN(C2CCN(c3ccccc3F)C2=O)CC1.Cl. The highest BCUT2D eigenvalue weighted by Gasteiger charge is 2.38. The standard InChI is InChI=1S/C19H26FN3O3.ClH/c1-21(13-18(24)25)14-5-4-10-22(11-8-14)17-9-12-23(19(17)26)16-7-3-2-6-15(16)20;/h2-3,6-7,14,17H,4-5,8-13H2,1H3,(H,24,25);1H. The zero-order chi connectivity index (χ0) is 18.7. The number of likely N-dealkylation sites (tertiary alicyclic amines) is 1. The fourth-order valence-corrected chi connectivity index (χ4v) is 4.11. The highest BCUT2D eigenvalue weighted by molar-refractivity contribution is 5.99. The summed E-state index contributed by atoms with van der Waals surface area (Å²) in [4.78, 5) is 29.4. The van der Waals surface area contributed by atoms with Gasteiger partial charge < -0.3 is 10.0 Å². The van der Waals surface area contributed by atoms with Crippen molar-refractivity contribution in [1.82, 2.24) is 9.80 Å². The fraction of sp³-hybridized carbons (Fsp3) is 0.579. The van der Waals surface area contributed by atoms with E-state index < -0.39 is 5.97 Å². The van der Waals surface area contributed by atoms with Crippen LogP contribution < -0.4 is 4.90 Å². The quantitative estimate of drug-likeness (QED) is 0.822. The molecule has 8 heteroatoms. The molecule has 1 aromatic rings. The van der Waals surface area contributed by atoms with Gasteiger partial charge in [-0.05, 0) is 51.4 Å². The Balaban J connectivity index is 0.00000261. The van der Waals surface area contributed by atoms with Crippen LogP contribution in [0.1, 0.15) is 25.7 Å². The van der Waals surface area contributed by atoms with Crippen molar-refractivity contribution in [1.29, 1.82) is 0 Å². The van der Waals surface area contributed by atoms with Crippen LogP contribution in [-0.2, 0) is 9.59 Å². The van der Waals surface area contributed by atoms with E-state index in [0.29, 0.717) is 18.7 Å². The average molecular weight is 400 g/mol. The van der Waals surface area contributed by atoms with Gasteiger partial charge in [-0.25, -0.2) is 4.39 Å². The molecular weight excluding hydrogens is 373 g/mol. The minimum atomic E-state index is -0.819. The van der Waals surface area contributed by atoms with Gasteiger partial charge in [0.1, 0.15) is 5.82 Å². The van der Waals surface area contributed by atoms with Crippen LogP contribution in [0.25, 0.3) is 0 Å². The molecule has 2 aliphatic heterocycles. The first-order valence-electron chi connectivity index (χ1n) is 9.19. The van der Waals surface area contributed by atoms with Crippen molar-refractivity contribution < 1.29 is 19.1 Å². The zero-order valence-corrected chi connectivity index (χ0v) is 16.3. The molecule has 0 spiro atoms. The molecule has 0 aliphatic carbocycles. The third-order valence-electron chi connectivity index (χ3n) is 5.50. The first kappa shape index (κ1) is 21.6. The molecule has 1 aromatic carbocycles. The van der Waals surface area contributed by atoms with E-state index in [1.165, 1.54) is 6.07 Å². The number of para-hydroxylation sites is 1. The number of amides is 1. The van der Waals surface area contributed by atoms with E-state index in [1.54, 1.807) is 23.1 Å². The molecule has 2 atom stereocenters. The smallest absolute Gasteiger partial charge is 0.317 e. The van der Waals surface area contributed by atoms with Gasteiger partial charge in [-0.2, -0.15) is 0 Å². The van der Waals surface area contributed by atoms with Crippen LogP contribution in [0.5, 0.6) is 0 Å². The molecule has 0 saturated carbocycles. The molecule has 2 aliphatic rings. The van der Waals surface area contributed by atoms with Crippen molar-refractivity contribution in [2.75, 3.05) is 38.1 Å². The molecule has 1 amide bonds. The van der Waals surface area contributed by atoms with Crippen LogP contribution in [-0.4, -0.2) is 72.1 Å². The topological polar surface area (TPSA) is 64.1 Å². The lowest BCUT2D eigenvalue weighted by atomic mass is 10.1. The molecule has 0 bridgehead atoms. The lowest BCUT2D eigenvalue weighted by Gasteiger charge is -2.28. The average Bonchev–Trinajstić information content (AvgIpc) is 2.82. The third-order valence-corrected chi connectivity index (χ3v) is 5.50. The summed E-state index contributed by atoms with van der Waals surface area (Å²) in [5, 5.41) is 8.97. The Morgan fingerprint density at radius 2 is 1.96 bits per heavy atom. The maximum absolute atomic E-state index is 14.0. The van der Waals surface area contributed by atoms with Gasteiger partial charge in [0.25, 0.3) is 0 Å². The predicted molar refractivity (Wildman–Crippen MR) is 104 cm³/mol. The van der Waals surface area contributed by atoms with Crippen LogP contribution in [0.4, 0.5) is 10.1 Å². The van der Waals surface area contributed by atoms with Crippen molar-refractivity contribution in [3.05, 3.63) is 30.1 Å². The number of anilines is 1. The highest BCUT2D eigenvalue weighted by atomic mass is 35.5. The lowest BCUT2D eigenvalue weighted by Crippen LogP contribution is -2.43. The summed E-state index contributed by atoms with van der Waals surface area (Å²) >= 11 is 0. The summed E-state index contributed by atoms with van der Waals surface area (Å²) in [6.07, 6.45) is 3.40. The molecule has 6 nitrogen and oxygen atoms in total. The zero-order valence-electron chi connectivity index (χ0n) is 15.5. The molecule has 2 heterocycles. The summed E-state index contributed by atoms with van der Waals surface area (Å²) in [5.41, 5.74) is 0.355. The molecule has 2 fully saturated rings. The second kappa shape index (κ2) is 9.48. The molecule has 1 N–H and O–H groups in total. The van der Waals surface area contributed by atoms with Crippen LogP contribution in [0.15, 0.2) is 24.3 Å². The van der Waals surface area contributed by atoms with Crippen molar-refractivity contribution >= 4 is 30.0 Å². The maximum Gasteiger partial charge on any atom is 0.317 e. The molecule has 0 radical (unpaired) electrons. The fourth-order valence-electron chi connectivity index (χ4n) is 4.11. The molecular formula is C19H27ClFN3O3. The molecule has 2 saturated heterocycles. The summed E-state index contributed by atoms with van der Waals surface area (Å²) in [6.45, 7) is 2.15. The van der Waals surface area contributed by atoms with Crippen molar-refractivity contribution in [2.24, 2.45) is 0 Å². The molecule has 150 valence electrons. The summed E-state index contributed by atoms with van der Waals surface area (Å²) in [5.74, 6) is -1.22. The number of carboxylic acid groups (broad SMARTS) is 1. The Labute approximate surface area is 165 Å². The Kier molecular flexibility index (Phi) is 7.59. The first-order chi connectivity index (χ1) is 12.5. The largest absolute Gasteiger partial charge is 0.480 e. The summed E-state index contributed by atoms with van der Waals surface area (Å²) < 4.78 is 14.0. The number of carboxylic acids is 1. The van der Waals surface area contributed by atoms with Crippen molar-refractivity contribution in [3.63, 3.8) is 0 Å². The Morgan fingerprint density at radius 3 is 2.67 bits per heavy atom. The number of benzene rings is 1. The maximum atomic E-state index is 14.0. The molecule has 2 unspecified atom stereocenters. The minimum Gasteiger partial charge on any atom is -0.480 e. The van der Waals surface area contributed by atoms with Gasteiger partial charge in [-0.3, -0.25) is 19.4 Å².